The predicted molar refractivity (Wildman–Crippen MR) is 185 cm³/mol. The molecule has 0 bridgehead atoms. The molecule has 2 saturated heterocycles. The summed E-state index contributed by atoms with van der Waals surface area (Å²) in [6.45, 7) is 19.9. The zero-order chi connectivity index (χ0) is 34.1. The highest BCUT2D eigenvalue weighted by molar-refractivity contribution is 8.00. The van der Waals surface area contributed by atoms with Crippen LogP contribution in [0.4, 0.5) is 5.82 Å². The van der Waals surface area contributed by atoms with E-state index in [2.05, 4.69) is 65.7 Å². The average Bonchev–Trinajstić information content (AvgIpc) is 3.21. The van der Waals surface area contributed by atoms with Crippen molar-refractivity contribution in [1.82, 2.24) is 9.55 Å². The molecule has 1 aromatic carbocycles. The largest absolute Gasteiger partial charge is 0.497 e. The zero-order valence-electron chi connectivity index (χ0n) is 28.8. The number of carbonyl (C=O) groups excluding carboxylic acids is 2. The van der Waals surface area contributed by atoms with Gasteiger partial charge in [0, 0.05) is 25.8 Å². The normalized spacial score (nSPS) is 23.7. The molecule has 1 N–H and O–H groups in total. The lowest BCUT2D eigenvalue weighted by molar-refractivity contribution is -0.114. The van der Waals surface area contributed by atoms with E-state index in [-0.39, 0.29) is 33.6 Å². The molecule has 2 aromatic rings. The Labute approximate surface area is 278 Å². The van der Waals surface area contributed by atoms with Gasteiger partial charge in [-0.05, 0) is 40.4 Å². The van der Waals surface area contributed by atoms with Crippen LogP contribution < -0.4 is 20.5 Å². The van der Waals surface area contributed by atoms with Gasteiger partial charge in [-0.25, -0.2) is 9.59 Å². The van der Waals surface area contributed by atoms with Gasteiger partial charge in [-0.2, -0.15) is 4.98 Å². The monoisotopic (exact) mass is 691 g/mol. The number of carbonyl (C=O) groups is 2. The summed E-state index contributed by atoms with van der Waals surface area (Å²) < 4.78 is 33.6. The van der Waals surface area contributed by atoms with Crippen molar-refractivity contribution < 1.29 is 32.7 Å². The fourth-order valence-electron chi connectivity index (χ4n) is 7.74. The Hall–Kier alpha value is -2.66. The van der Waals surface area contributed by atoms with Gasteiger partial charge >= 0.3 is 11.7 Å². The van der Waals surface area contributed by atoms with E-state index in [0.29, 0.717) is 29.2 Å². The zero-order valence-corrected chi connectivity index (χ0v) is 31.6. The first-order valence-corrected chi connectivity index (χ1v) is 22.0. The fraction of sp³-hybridized carbons (Fsp3) is 0.625. The lowest BCUT2D eigenvalue weighted by Crippen LogP contribution is -2.73. The maximum atomic E-state index is 14.0. The molecule has 0 saturated carbocycles. The number of esters is 1. The first-order chi connectivity index (χ1) is 21.6. The van der Waals surface area contributed by atoms with Crippen molar-refractivity contribution in [3.05, 3.63) is 46.5 Å². The van der Waals surface area contributed by atoms with Crippen LogP contribution in [0.25, 0.3) is 0 Å². The second kappa shape index (κ2) is 14.2. The van der Waals surface area contributed by atoms with Crippen LogP contribution >= 0.6 is 11.8 Å². The first-order valence-electron chi connectivity index (χ1n) is 15.9. The maximum Gasteiger partial charge on any atom is 0.350 e. The molecule has 254 valence electrons. The average molecular weight is 692 g/mol. The van der Waals surface area contributed by atoms with Gasteiger partial charge in [0.05, 0.1) is 25.6 Å². The fourth-order valence-corrected chi connectivity index (χ4v) is 31.3. The summed E-state index contributed by atoms with van der Waals surface area (Å²) in [5, 5.41) is 1.69. The molecule has 46 heavy (non-hydrogen) atoms. The van der Waals surface area contributed by atoms with Crippen molar-refractivity contribution >= 4 is 45.1 Å². The Bertz CT molecular complexity index is 1470. The highest BCUT2D eigenvalue weighted by atomic mass is 32.2. The van der Waals surface area contributed by atoms with Crippen molar-refractivity contribution in [3.8, 4) is 11.5 Å². The second-order valence-corrected chi connectivity index (χ2v) is 27.6. The number of nitrogens with one attached hydrogen (secondary N) is 1. The van der Waals surface area contributed by atoms with Crippen LogP contribution in [-0.2, 0) is 18.4 Å². The molecule has 2 fully saturated rings. The van der Waals surface area contributed by atoms with E-state index in [9.17, 15) is 14.4 Å². The number of hydrogen-bond donors (Lipinski definition) is 1. The standard InChI is InChI=1S/C32H49N3O8SSi2/c1-18(2)45(19(3)4)41-17-26-28(43-46(45,20(5)6)21(7)8)29(42-31(37)24-13-12-23(39-10)16-25(24)40-11)30(44-26)35-15-14-27(33-22(9)36)34-32(35)38/h12-16,18-21,26,28-30H,17H2,1-11H3,(H,33,34,36,38)/t26-,28-,29-,30-/m1/s1. The van der Waals surface area contributed by atoms with Crippen molar-refractivity contribution in [2.45, 2.75) is 107 Å². The molecule has 14 heteroatoms. The smallest absolute Gasteiger partial charge is 0.350 e. The number of benzene rings is 1. The number of rotatable bonds is 10. The molecule has 1 aromatic heterocycles. The molecule has 1 amide bonds. The number of fused-ring (bicyclic) bond motifs is 1. The number of methoxy groups -OCH3 is 2. The minimum Gasteiger partial charge on any atom is -0.497 e. The number of anilines is 1. The SMILES string of the molecule is COc1ccc(C(=O)O[C@@H]2[C@@H]3O[Si](C(C)C)(C(C)C)[Si](C(C)C)(C(C)C)OC[C@H]3S[C@H]2n2ccc(NC(C)=O)nc2=O)c(OC)c1. The molecule has 11 nitrogen and oxygen atoms in total. The Morgan fingerprint density at radius 1 is 0.978 bits per heavy atom. The van der Waals surface area contributed by atoms with Crippen LogP contribution in [0.15, 0.2) is 35.3 Å². The minimum absolute atomic E-state index is 0.151. The Balaban J connectivity index is 1.87. The number of hydrogen-bond acceptors (Lipinski definition) is 10. The highest BCUT2D eigenvalue weighted by Gasteiger charge is 2.69. The van der Waals surface area contributed by atoms with Gasteiger partial charge in [0.15, 0.2) is 6.10 Å². The van der Waals surface area contributed by atoms with Crippen molar-refractivity contribution in [1.29, 1.82) is 0 Å². The molecule has 0 spiro atoms. The molecular weight excluding hydrogens is 643 g/mol. The van der Waals surface area contributed by atoms with Gasteiger partial charge in [-0.3, -0.25) is 9.36 Å². The first kappa shape index (κ1) is 36.2. The van der Waals surface area contributed by atoms with Crippen molar-refractivity contribution in [3.63, 3.8) is 0 Å². The van der Waals surface area contributed by atoms with Crippen LogP contribution in [0.2, 0.25) is 22.2 Å². The van der Waals surface area contributed by atoms with E-state index in [4.69, 9.17) is 23.1 Å². The molecule has 0 unspecified atom stereocenters. The summed E-state index contributed by atoms with van der Waals surface area (Å²) in [4.78, 5) is 43.1. The predicted octanol–water partition coefficient (Wildman–Crippen LogP) is 6.08. The third-order valence-corrected chi connectivity index (χ3v) is 31.7. The highest BCUT2D eigenvalue weighted by Crippen LogP contribution is 2.57. The summed E-state index contributed by atoms with van der Waals surface area (Å²) in [5.41, 5.74) is 0.726. The molecule has 3 heterocycles. The molecule has 2 aliphatic heterocycles. The van der Waals surface area contributed by atoms with Gasteiger partial charge in [0.1, 0.15) is 28.3 Å². The Morgan fingerprint density at radius 3 is 2.13 bits per heavy atom. The molecule has 4 rings (SSSR count). The number of thioether (sulfide) groups is 1. The van der Waals surface area contributed by atoms with E-state index in [1.165, 1.54) is 30.4 Å². The van der Waals surface area contributed by atoms with Crippen molar-refractivity contribution in [2.75, 3.05) is 26.1 Å². The molecule has 0 radical (unpaired) electrons. The van der Waals surface area contributed by atoms with E-state index in [1.54, 1.807) is 37.6 Å². The lowest BCUT2D eigenvalue weighted by atomic mass is 10.1. The number of amides is 1. The Morgan fingerprint density at radius 2 is 1.61 bits per heavy atom. The summed E-state index contributed by atoms with van der Waals surface area (Å²) >= 11 is 1.51. The number of nitrogens with zero attached hydrogens (tertiary/aromatic N) is 2. The van der Waals surface area contributed by atoms with Gasteiger partial charge in [-0.1, -0.05) is 55.4 Å². The minimum atomic E-state index is -2.73. The second-order valence-electron chi connectivity index (χ2n) is 13.3. The van der Waals surface area contributed by atoms with Gasteiger partial charge in [-0.15, -0.1) is 11.8 Å². The number of ether oxygens (including phenoxy) is 3. The van der Waals surface area contributed by atoms with E-state index in [0.717, 1.165) is 0 Å². The van der Waals surface area contributed by atoms with Crippen LogP contribution in [0.1, 0.15) is 78.0 Å². The third-order valence-electron chi connectivity index (χ3n) is 9.42. The van der Waals surface area contributed by atoms with Crippen molar-refractivity contribution in [2.24, 2.45) is 0 Å². The van der Waals surface area contributed by atoms with Gasteiger partial charge in [0.2, 0.25) is 21.6 Å². The van der Waals surface area contributed by atoms with E-state index >= 15 is 0 Å². The third kappa shape index (κ3) is 6.30. The van der Waals surface area contributed by atoms with E-state index < -0.39 is 44.9 Å². The maximum absolute atomic E-state index is 14.0. The van der Waals surface area contributed by atoms with Crippen LogP contribution in [0, 0.1) is 0 Å². The molecule has 2 aliphatic rings. The summed E-state index contributed by atoms with van der Waals surface area (Å²) in [7, 11) is -2.26. The topological polar surface area (TPSA) is 127 Å². The molecular formula is C32H49N3O8SSi2. The van der Waals surface area contributed by atoms with Gasteiger partial charge < -0.3 is 28.4 Å². The molecule has 0 aliphatic carbocycles. The molecule has 4 atom stereocenters. The summed E-state index contributed by atoms with van der Waals surface area (Å²) in [6.07, 6.45) is 0.196. The van der Waals surface area contributed by atoms with Crippen LogP contribution in [0.3, 0.4) is 0 Å². The van der Waals surface area contributed by atoms with Crippen LogP contribution in [-0.4, -0.2) is 75.4 Å². The van der Waals surface area contributed by atoms with Gasteiger partial charge in [0.25, 0.3) is 0 Å². The summed E-state index contributed by atoms with van der Waals surface area (Å²) in [5.74, 6) is 0.0679. The summed E-state index contributed by atoms with van der Waals surface area (Å²) in [6, 6.07) is 6.48. The van der Waals surface area contributed by atoms with E-state index in [1.807, 2.05) is 0 Å². The lowest BCUT2D eigenvalue weighted by Gasteiger charge is -2.54. The van der Waals surface area contributed by atoms with Crippen LogP contribution in [0.5, 0.6) is 11.5 Å². The Kier molecular flexibility index (Phi) is 11.2. The number of aromatic nitrogens is 2. The quantitative estimate of drug-likeness (QED) is 0.231.